The van der Waals surface area contributed by atoms with Crippen LogP contribution < -0.4 is 0 Å². The Bertz CT molecular complexity index is 705. The third-order valence-electron chi connectivity index (χ3n) is 4.38. The molecule has 0 unspecified atom stereocenters. The normalized spacial score (nSPS) is 16.3. The molecular formula is C18H20N2O10. The molecule has 2 rings (SSSR count). The first-order valence-electron chi connectivity index (χ1n) is 9.41. The van der Waals surface area contributed by atoms with Gasteiger partial charge in [-0.1, -0.05) is 12.8 Å². The largest absolute Gasteiger partial charge is 0.431 e. The van der Waals surface area contributed by atoms with Crippen LogP contribution in [0.15, 0.2) is 0 Å². The van der Waals surface area contributed by atoms with Gasteiger partial charge < -0.3 is 9.47 Å². The van der Waals surface area contributed by atoms with E-state index in [0.717, 1.165) is 0 Å². The Balaban J connectivity index is 1.56. The first kappa shape index (κ1) is 22.8. The molecule has 12 nitrogen and oxygen atoms in total. The van der Waals surface area contributed by atoms with Crippen molar-refractivity contribution in [1.29, 1.82) is 0 Å². The third kappa shape index (κ3) is 6.03. The number of nitrogens with zero attached hydrogens (tertiary/aromatic N) is 2. The number of amides is 6. The Morgan fingerprint density at radius 1 is 0.567 bits per heavy atom. The second-order valence-electron chi connectivity index (χ2n) is 6.64. The van der Waals surface area contributed by atoms with Gasteiger partial charge in [0.15, 0.2) is 0 Å². The van der Waals surface area contributed by atoms with Gasteiger partial charge in [0.25, 0.3) is 0 Å². The van der Waals surface area contributed by atoms with E-state index in [1.165, 1.54) is 0 Å². The van der Waals surface area contributed by atoms with Crippen molar-refractivity contribution in [2.24, 2.45) is 0 Å². The second kappa shape index (κ2) is 10.4. The van der Waals surface area contributed by atoms with Crippen LogP contribution in [-0.4, -0.2) is 57.6 Å². The van der Waals surface area contributed by atoms with Gasteiger partial charge in [-0.15, -0.1) is 0 Å². The van der Waals surface area contributed by atoms with Crippen molar-refractivity contribution in [1.82, 2.24) is 9.80 Å². The van der Waals surface area contributed by atoms with Crippen molar-refractivity contribution in [3.8, 4) is 0 Å². The molecule has 0 aliphatic carbocycles. The van der Waals surface area contributed by atoms with E-state index in [1.54, 1.807) is 0 Å². The first-order chi connectivity index (χ1) is 14.2. The number of ether oxygens (including phenoxy) is 2. The summed E-state index contributed by atoms with van der Waals surface area (Å²) in [6, 6.07) is 0. The van der Waals surface area contributed by atoms with E-state index in [9.17, 15) is 38.4 Å². The Hall–Kier alpha value is -3.44. The highest BCUT2D eigenvalue weighted by Crippen LogP contribution is 2.15. The summed E-state index contributed by atoms with van der Waals surface area (Å²) >= 11 is 0. The van der Waals surface area contributed by atoms with E-state index in [1.807, 2.05) is 0 Å². The summed E-state index contributed by atoms with van der Waals surface area (Å²) in [4.78, 5) is 92.6. The molecule has 2 heterocycles. The highest BCUT2D eigenvalue weighted by molar-refractivity contribution is 6.15. The fourth-order valence-electron chi connectivity index (χ4n) is 2.84. The lowest BCUT2D eigenvalue weighted by molar-refractivity contribution is -0.145. The average Bonchev–Trinajstić information content (AvgIpc) is 3.18. The van der Waals surface area contributed by atoms with E-state index < -0.39 is 47.8 Å². The SMILES string of the molecule is O=C(CCCCCCC(=O)OC(=O)N1C(=O)CCC1=O)OC(=O)N1C(=O)CCC1=O. The molecular weight excluding hydrogens is 404 g/mol. The van der Waals surface area contributed by atoms with Crippen LogP contribution in [0.1, 0.15) is 64.2 Å². The molecule has 0 aromatic rings. The molecule has 0 N–H and O–H groups in total. The zero-order valence-corrected chi connectivity index (χ0v) is 16.0. The molecule has 2 aliphatic heterocycles. The van der Waals surface area contributed by atoms with Gasteiger partial charge in [-0.2, -0.15) is 9.80 Å². The fourth-order valence-corrected chi connectivity index (χ4v) is 2.84. The monoisotopic (exact) mass is 424 g/mol. The number of likely N-dealkylation sites (tertiary alicyclic amines) is 2. The smallest absolute Gasteiger partial charge is 0.376 e. The number of imide groups is 6. The second-order valence-corrected chi connectivity index (χ2v) is 6.64. The minimum absolute atomic E-state index is 0.0964. The summed E-state index contributed by atoms with van der Waals surface area (Å²) in [5, 5.41) is 0. The lowest BCUT2D eigenvalue weighted by atomic mass is 10.1. The minimum Gasteiger partial charge on any atom is -0.376 e. The highest BCUT2D eigenvalue weighted by atomic mass is 16.6. The molecule has 0 radical (unpaired) electrons. The maximum atomic E-state index is 11.6. The zero-order valence-electron chi connectivity index (χ0n) is 16.0. The molecule has 0 spiro atoms. The topological polar surface area (TPSA) is 162 Å². The van der Waals surface area contributed by atoms with Crippen LogP contribution in [0.2, 0.25) is 0 Å². The predicted octanol–water partition coefficient (Wildman–Crippen LogP) is 0.951. The Morgan fingerprint density at radius 2 is 0.867 bits per heavy atom. The van der Waals surface area contributed by atoms with Gasteiger partial charge in [0, 0.05) is 38.5 Å². The van der Waals surface area contributed by atoms with Crippen LogP contribution in [0.25, 0.3) is 0 Å². The summed E-state index contributed by atoms with van der Waals surface area (Å²) in [5.74, 6) is -4.58. The van der Waals surface area contributed by atoms with E-state index in [0.29, 0.717) is 35.5 Å². The molecule has 2 aliphatic rings. The van der Waals surface area contributed by atoms with Crippen molar-refractivity contribution in [3.63, 3.8) is 0 Å². The van der Waals surface area contributed by atoms with Crippen molar-refractivity contribution in [2.45, 2.75) is 64.2 Å². The van der Waals surface area contributed by atoms with Crippen LogP contribution >= 0.6 is 0 Å². The van der Waals surface area contributed by atoms with Crippen molar-refractivity contribution in [2.75, 3.05) is 0 Å². The van der Waals surface area contributed by atoms with Crippen LogP contribution in [0.4, 0.5) is 9.59 Å². The van der Waals surface area contributed by atoms with Crippen molar-refractivity contribution >= 4 is 47.8 Å². The predicted molar refractivity (Wildman–Crippen MR) is 92.9 cm³/mol. The highest BCUT2D eigenvalue weighted by Gasteiger charge is 2.37. The maximum absolute atomic E-state index is 11.6. The average molecular weight is 424 g/mol. The molecule has 0 bridgehead atoms. The van der Waals surface area contributed by atoms with Gasteiger partial charge in [0.2, 0.25) is 23.6 Å². The molecule has 12 heteroatoms. The number of rotatable bonds is 7. The van der Waals surface area contributed by atoms with Gasteiger partial charge in [-0.05, 0) is 12.8 Å². The Morgan fingerprint density at radius 3 is 1.17 bits per heavy atom. The van der Waals surface area contributed by atoms with Crippen LogP contribution in [-0.2, 0) is 38.2 Å². The van der Waals surface area contributed by atoms with E-state index in [2.05, 4.69) is 9.47 Å². The van der Waals surface area contributed by atoms with Crippen LogP contribution in [0.5, 0.6) is 0 Å². The molecule has 0 saturated carbocycles. The van der Waals surface area contributed by atoms with E-state index >= 15 is 0 Å². The number of hydrogen-bond donors (Lipinski definition) is 0. The summed E-state index contributed by atoms with van der Waals surface area (Å²) in [7, 11) is 0. The molecule has 0 atom stereocenters. The summed E-state index contributed by atoms with van der Waals surface area (Å²) < 4.78 is 8.93. The number of hydrogen-bond acceptors (Lipinski definition) is 10. The molecule has 30 heavy (non-hydrogen) atoms. The number of unbranched alkanes of at least 4 members (excludes halogenated alkanes) is 3. The lowest BCUT2D eigenvalue weighted by Gasteiger charge is -2.11. The van der Waals surface area contributed by atoms with Gasteiger partial charge >= 0.3 is 24.1 Å². The number of carbonyl (C=O) groups is 8. The summed E-state index contributed by atoms with van der Waals surface area (Å²) in [5.41, 5.74) is 0. The van der Waals surface area contributed by atoms with Gasteiger partial charge in [0.05, 0.1) is 0 Å². The molecule has 0 aromatic carbocycles. The molecule has 2 saturated heterocycles. The standard InChI is InChI=1S/C18H20N2O10/c21-11-7-8-12(22)19(11)17(27)29-15(25)5-3-1-2-4-6-16(26)30-18(28)20-13(23)9-10-14(20)24/h1-10H2. The summed E-state index contributed by atoms with van der Waals surface area (Å²) in [6.45, 7) is 0. The van der Waals surface area contributed by atoms with Gasteiger partial charge in [0.1, 0.15) is 0 Å². The Labute approximate surface area is 170 Å². The minimum atomic E-state index is -1.30. The van der Waals surface area contributed by atoms with Crippen LogP contribution in [0.3, 0.4) is 0 Å². The zero-order chi connectivity index (χ0) is 22.3. The molecule has 2 fully saturated rings. The third-order valence-corrected chi connectivity index (χ3v) is 4.38. The maximum Gasteiger partial charge on any atom is 0.431 e. The van der Waals surface area contributed by atoms with Crippen molar-refractivity contribution in [3.05, 3.63) is 0 Å². The van der Waals surface area contributed by atoms with Gasteiger partial charge in [-0.3, -0.25) is 28.8 Å². The lowest BCUT2D eigenvalue weighted by Crippen LogP contribution is -2.37. The Kier molecular flexibility index (Phi) is 7.90. The molecule has 0 aromatic heterocycles. The van der Waals surface area contributed by atoms with Crippen molar-refractivity contribution < 1.29 is 47.8 Å². The quantitative estimate of drug-likeness (QED) is 0.249. The van der Waals surface area contributed by atoms with Gasteiger partial charge in [-0.25, -0.2) is 9.59 Å². The first-order valence-corrected chi connectivity index (χ1v) is 9.41. The number of esters is 2. The molecule has 162 valence electrons. The van der Waals surface area contributed by atoms with Crippen LogP contribution in [0, 0.1) is 0 Å². The fraction of sp³-hybridized carbons (Fsp3) is 0.556. The summed E-state index contributed by atoms with van der Waals surface area (Å²) in [6.07, 6.45) is -1.57. The van der Waals surface area contributed by atoms with E-state index in [4.69, 9.17) is 0 Å². The molecule has 6 amide bonds. The number of carbonyl (C=O) groups excluding carboxylic acids is 8. The van der Waals surface area contributed by atoms with E-state index in [-0.39, 0.29) is 38.5 Å².